The molecule has 1 heterocycles. The molecule has 0 radical (unpaired) electrons. The van der Waals surface area contributed by atoms with E-state index in [0.29, 0.717) is 19.5 Å². The number of amides is 1. The van der Waals surface area contributed by atoms with Crippen LogP contribution in [0.25, 0.3) is 0 Å². The fourth-order valence-corrected chi connectivity index (χ4v) is 5.65. The van der Waals surface area contributed by atoms with Gasteiger partial charge in [0.15, 0.2) is 0 Å². The molecule has 1 saturated carbocycles. The summed E-state index contributed by atoms with van der Waals surface area (Å²) in [4.78, 5) is 12.9. The maximum Gasteiger partial charge on any atom is 0.238 e. The number of carbonyl (C=O) groups is 1. The molecule has 6 heteroatoms. The molecule has 0 aromatic heterocycles. The van der Waals surface area contributed by atoms with Crippen LogP contribution in [0, 0.1) is 0 Å². The minimum absolute atomic E-state index is 0.0280. The van der Waals surface area contributed by atoms with Crippen LogP contribution in [0.3, 0.4) is 0 Å². The van der Waals surface area contributed by atoms with Gasteiger partial charge in [0, 0.05) is 18.5 Å². The SMILES string of the molecule is CS(=O)(=O)N1CCCC[C@@H]1C(=O)NCC1(c2ccccc2)CCCCC1. The molecule has 1 aromatic rings. The zero-order chi connectivity index (χ0) is 18.6. The molecule has 2 fully saturated rings. The van der Waals surface area contributed by atoms with Gasteiger partial charge in [-0.25, -0.2) is 8.42 Å². The van der Waals surface area contributed by atoms with Crippen LogP contribution >= 0.6 is 0 Å². The van der Waals surface area contributed by atoms with Crippen LogP contribution in [-0.4, -0.2) is 44.0 Å². The summed E-state index contributed by atoms with van der Waals surface area (Å²) in [6.45, 7) is 1.03. The Morgan fingerprint density at radius 3 is 2.46 bits per heavy atom. The Morgan fingerprint density at radius 1 is 1.12 bits per heavy atom. The monoisotopic (exact) mass is 378 g/mol. The highest BCUT2D eigenvalue weighted by atomic mass is 32.2. The molecule has 1 aliphatic heterocycles. The highest BCUT2D eigenvalue weighted by Gasteiger charge is 2.37. The third-order valence-corrected chi connectivity index (χ3v) is 7.27. The second-order valence-electron chi connectivity index (χ2n) is 7.81. The molecule has 5 nitrogen and oxygen atoms in total. The van der Waals surface area contributed by atoms with Gasteiger partial charge < -0.3 is 5.32 Å². The number of hydrogen-bond acceptors (Lipinski definition) is 3. The zero-order valence-corrected chi connectivity index (χ0v) is 16.4. The van der Waals surface area contributed by atoms with Crippen LogP contribution in [-0.2, 0) is 20.2 Å². The maximum absolute atomic E-state index is 12.9. The van der Waals surface area contributed by atoms with Crippen LogP contribution in [0.1, 0.15) is 56.9 Å². The fraction of sp³-hybridized carbons (Fsp3) is 0.650. The second-order valence-corrected chi connectivity index (χ2v) is 9.75. The van der Waals surface area contributed by atoms with Crippen LogP contribution in [0.4, 0.5) is 0 Å². The van der Waals surface area contributed by atoms with Crippen LogP contribution in [0.2, 0.25) is 0 Å². The van der Waals surface area contributed by atoms with Crippen molar-refractivity contribution in [3.63, 3.8) is 0 Å². The van der Waals surface area contributed by atoms with Gasteiger partial charge in [-0.3, -0.25) is 4.79 Å². The van der Waals surface area contributed by atoms with E-state index >= 15 is 0 Å². The number of sulfonamides is 1. The van der Waals surface area contributed by atoms with Gasteiger partial charge in [0.05, 0.1) is 6.26 Å². The summed E-state index contributed by atoms with van der Waals surface area (Å²) < 4.78 is 25.5. The lowest BCUT2D eigenvalue weighted by molar-refractivity contribution is -0.126. The number of piperidine rings is 1. The molecule has 1 aromatic carbocycles. The predicted octanol–water partition coefficient (Wildman–Crippen LogP) is 2.82. The molecule has 144 valence electrons. The smallest absolute Gasteiger partial charge is 0.238 e. The lowest BCUT2D eigenvalue weighted by Crippen LogP contribution is -2.53. The second kappa shape index (κ2) is 8.09. The Morgan fingerprint density at radius 2 is 1.81 bits per heavy atom. The summed E-state index contributed by atoms with van der Waals surface area (Å²) >= 11 is 0. The first kappa shape index (κ1) is 19.4. The molecule has 1 atom stereocenters. The molecule has 2 aliphatic rings. The molecular weight excluding hydrogens is 348 g/mol. The largest absolute Gasteiger partial charge is 0.354 e. The predicted molar refractivity (Wildman–Crippen MR) is 103 cm³/mol. The van der Waals surface area contributed by atoms with Crippen molar-refractivity contribution in [2.45, 2.75) is 62.8 Å². The van der Waals surface area contributed by atoms with Crippen LogP contribution in [0.15, 0.2) is 30.3 Å². The zero-order valence-electron chi connectivity index (χ0n) is 15.6. The average Bonchev–Trinajstić information content (AvgIpc) is 2.67. The van der Waals surface area contributed by atoms with Crippen molar-refractivity contribution in [1.29, 1.82) is 0 Å². The molecule has 0 spiro atoms. The normalized spacial score (nSPS) is 24.1. The van der Waals surface area contributed by atoms with Crippen molar-refractivity contribution >= 4 is 15.9 Å². The van der Waals surface area contributed by atoms with Crippen LogP contribution in [0.5, 0.6) is 0 Å². The Kier molecular flexibility index (Phi) is 6.03. The number of carbonyl (C=O) groups excluding carboxylic acids is 1. The van der Waals surface area contributed by atoms with E-state index in [1.54, 1.807) is 0 Å². The van der Waals surface area contributed by atoms with Gasteiger partial charge in [-0.05, 0) is 31.2 Å². The van der Waals surface area contributed by atoms with Crippen molar-refractivity contribution < 1.29 is 13.2 Å². The van der Waals surface area contributed by atoms with E-state index in [1.165, 1.54) is 35.4 Å². The number of nitrogens with zero attached hydrogens (tertiary/aromatic N) is 1. The summed E-state index contributed by atoms with van der Waals surface area (Å²) in [5.74, 6) is -0.143. The van der Waals surface area contributed by atoms with Gasteiger partial charge in [0.25, 0.3) is 0 Å². The highest BCUT2D eigenvalue weighted by molar-refractivity contribution is 7.88. The highest BCUT2D eigenvalue weighted by Crippen LogP contribution is 2.39. The van der Waals surface area contributed by atoms with Gasteiger partial charge in [-0.1, -0.05) is 56.0 Å². The van der Waals surface area contributed by atoms with Crippen molar-refractivity contribution in [3.8, 4) is 0 Å². The summed E-state index contributed by atoms with van der Waals surface area (Å²) in [6.07, 6.45) is 9.25. The summed E-state index contributed by atoms with van der Waals surface area (Å²) in [5, 5.41) is 3.12. The summed E-state index contributed by atoms with van der Waals surface area (Å²) in [5.41, 5.74) is 1.25. The summed E-state index contributed by atoms with van der Waals surface area (Å²) in [7, 11) is -3.36. The molecule has 1 aliphatic carbocycles. The van der Waals surface area contributed by atoms with E-state index in [2.05, 4.69) is 29.6 Å². The van der Waals surface area contributed by atoms with Gasteiger partial charge in [-0.15, -0.1) is 0 Å². The minimum Gasteiger partial charge on any atom is -0.354 e. The Hall–Kier alpha value is -1.40. The number of benzene rings is 1. The standard InChI is InChI=1S/C20H30N2O3S/c1-26(24,25)22-15-9-6-12-18(22)19(23)21-16-20(13-7-3-8-14-20)17-10-4-2-5-11-17/h2,4-5,10-11,18H,3,6-9,12-16H2,1H3,(H,21,23)/t18-/m1/s1. The van der Waals surface area contributed by atoms with Crippen molar-refractivity contribution in [2.75, 3.05) is 19.3 Å². The molecule has 3 rings (SSSR count). The van der Waals surface area contributed by atoms with Crippen molar-refractivity contribution in [2.24, 2.45) is 0 Å². The molecular formula is C20H30N2O3S. The van der Waals surface area contributed by atoms with Gasteiger partial charge in [-0.2, -0.15) is 4.31 Å². The van der Waals surface area contributed by atoms with E-state index < -0.39 is 16.1 Å². The minimum atomic E-state index is -3.36. The molecule has 1 saturated heterocycles. The molecule has 26 heavy (non-hydrogen) atoms. The first-order valence-electron chi connectivity index (χ1n) is 9.72. The lowest BCUT2D eigenvalue weighted by atomic mass is 9.69. The van der Waals surface area contributed by atoms with Gasteiger partial charge in [0.1, 0.15) is 6.04 Å². The Balaban J connectivity index is 1.73. The Labute approximate surface area is 157 Å². The third-order valence-electron chi connectivity index (χ3n) is 5.98. The van der Waals surface area contributed by atoms with Gasteiger partial charge in [0.2, 0.25) is 15.9 Å². The van der Waals surface area contributed by atoms with Gasteiger partial charge >= 0.3 is 0 Å². The van der Waals surface area contributed by atoms with E-state index in [4.69, 9.17) is 0 Å². The topological polar surface area (TPSA) is 66.5 Å². The van der Waals surface area contributed by atoms with Crippen LogP contribution < -0.4 is 5.32 Å². The first-order valence-corrected chi connectivity index (χ1v) is 11.6. The first-order chi connectivity index (χ1) is 12.4. The molecule has 0 bridgehead atoms. The van der Waals surface area contributed by atoms with E-state index in [1.807, 2.05) is 6.07 Å². The number of nitrogens with one attached hydrogen (secondary N) is 1. The quantitative estimate of drug-likeness (QED) is 0.857. The van der Waals surface area contributed by atoms with E-state index in [9.17, 15) is 13.2 Å². The average molecular weight is 379 g/mol. The van der Waals surface area contributed by atoms with E-state index in [0.717, 1.165) is 25.7 Å². The molecule has 0 unspecified atom stereocenters. The van der Waals surface area contributed by atoms with E-state index in [-0.39, 0.29) is 11.3 Å². The maximum atomic E-state index is 12.9. The molecule has 1 N–H and O–H groups in total. The molecule has 1 amide bonds. The third kappa shape index (κ3) is 4.29. The number of hydrogen-bond donors (Lipinski definition) is 1. The summed E-state index contributed by atoms with van der Waals surface area (Å²) in [6, 6.07) is 9.88. The lowest BCUT2D eigenvalue weighted by Gasteiger charge is -2.39. The van der Waals surface area contributed by atoms with Crippen molar-refractivity contribution in [1.82, 2.24) is 9.62 Å². The Bertz CT molecular complexity index is 712. The number of rotatable bonds is 5. The van der Waals surface area contributed by atoms with Crippen molar-refractivity contribution in [3.05, 3.63) is 35.9 Å². The fourth-order valence-electron chi connectivity index (χ4n) is 4.53.